The minimum atomic E-state index is 0.125. The van der Waals surface area contributed by atoms with E-state index in [1.165, 1.54) is 19.3 Å². The van der Waals surface area contributed by atoms with E-state index in [4.69, 9.17) is 5.10 Å². The summed E-state index contributed by atoms with van der Waals surface area (Å²) in [5.41, 5.74) is 2.75. The van der Waals surface area contributed by atoms with Gasteiger partial charge in [-0.25, -0.2) is 4.68 Å². The summed E-state index contributed by atoms with van der Waals surface area (Å²) in [6.07, 6.45) is 5.78. The minimum absolute atomic E-state index is 0.125. The second kappa shape index (κ2) is 7.62. The highest BCUT2D eigenvalue weighted by atomic mass is 16.2. The van der Waals surface area contributed by atoms with Gasteiger partial charge in [0.1, 0.15) is 5.69 Å². The van der Waals surface area contributed by atoms with Crippen LogP contribution in [-0.4, -0.2) is 47.3 Å². The van der Waals surface area contributed by atoms with Crippen LogP contribution in [0.4, 0.5) is 0 Å². The van der Waals surface area contributed by atoms with Gasteiger partial charge in [-0.05, 0) is 69.8 Å². The number of nitrogens with zero attached hydrogens (tertiary/aromatic N) is 3. The van der Waals surface area contributed by atoms with Gasteiger partial charge in [-0.2, -0.15) is 5.10 Å². The summed E-state index contributed by atoms with van der Waals surface area (Å²) in [7, 11) is 2.00. The molecule has 0 unspecified atom stereocenters. The molecule has 0 radical (unpaired) electrons. The molecule has 4 rings (SSSR count). The van der Waals surface area contributed by atoms with Crippen LogP contribution >= 0.6 is 0 Å². The number of hydrogen-bond donors (Lipinski definition) is 1. The molecule has 1 N–H and O–H groups in total. The first-order chi connectivity index (χ1) is 12.8. The van der Waals surface area contributed by atoms with Crippen LogP contribution in [0.3, 0.4) is 0 Å². The molecule has 26 heavy (non-hydrogen) atoms. The fourth-order valence-corrected chi connectivity index (χ4v) is 3.83. The van der Waals surface area contributed by atoms with Crippen LogP contribution in [0.15, 0.2) is 36.4 Å². The Labute approximate surface area is 155 Å². The normalized spacial score (nSPS) is 18.3. The Bertz CT molecular complexity index is 743. The summed E-state index contributed by atoms with van der Waals surface area (Å²) in [6, 6.07) is 12.0. The van der Waals surface area contributed by atoms with Crippen molar-refractivity contribution in [1.82, 2.24) is 20.0 Å². The van der Waals surface area contributed by atoms with Gasteiger partial charge < -0.3 is 10.2 Å². The van der Waals surface area contributed by atoms with E-state index in [1.54, 1.807) is 0 Å². The molecule has 0 atom stereocenters. The first kappa shape index (κ1) is 17.3. The van der Waals surface area contributed by atoms with E-state index in [-0.39, 0.29) is 5.91 Å². The molecule has 1 aliphatic carbocycles. The molecule has 5 nitrogen and oxygen atoms in total. The molecule has 1 aromatic heterocycles. The minimum Gasteiger partial charge on any atom is -0.337 e. The molecular formula is C21H28N4O. The summed E-state index contributed by atoms with van der Waals surface area (Å²) in [5, 5.41) is 8.00. The molecule has 1 aliphatic heterocycles. The van der Waals surface area contributed by atoms with Crippen molar-refractivity contribution in [1.29, 1.82) is 0 Å². The summed E-state index contributed by atoms with van der Waals surface area (Å²) >= 11 is 0. The smallest absolute Gasteiger partial charge is 0.272 e. The van der Waals surface area contributed by atoms with Crippen LogP contribution < -0.4 is 5.32 Å². The van der Waals surface area contributed by atoms with Gasteiger partial charge in [0.2, 0.25) is 0 Å². The monoisotopic (exact) mass is 352 g/mol. The van der Waals surface area contributed by atoms with Crippen LogP contribution in [0.2, 0.25) is 0 Å². The van der Waals surface area contributed by atoms with Crippen LogP contribution in [0.1, 0.15) is 54.2 Å². The van der Waals surface area contributed by atoms with E-state index in [0.717, 1.165) is 49.8 Å². The zero-order chi connectivity index (χ0) is 17.9. The second-order valence-electron chi connectivity index (χ2n) is 7.60. The highest BCUT2D eigenvalue weighted by molar-refractivity contribution is 5.93. The van der Waals surface area contributed by atoms with Gasteiger partial charge in [0.05, 0.1) is 11.4 Å². The van der Waals surface area contributed by atoms with Crippen molar-refractivity contribution in [3.63, 3.8) is 0 Å². The molecular weight excluding hydrogens is 324 g/mol. The molecule has 0 bridgehead atoms. The van der Waals surface area contributed by atoms with Gasteiger partial charge in [0.25, 0.3) is 5.91 Å². The average Bonchev–Trinajstić information content (AvgIpc) is 3.45. The molecule has 2 heterocycles. The lowest BCUT2D eigenvalue weighted by Crippen LogP contribution is -2.39. The van der Waals surface area contributed by atoms with Crippen molar-refractivity contribution in [3.8, 4) is 5.69 Å². The maximum absolute atomic E-state index is 13.2. The zero-order valence-electron chi connectivity index (χ0n) is 15.5. The van der Waals surface area contributed by atoms with Crippen molar-refractivity contribution in [2.75, 3.05) is 26.7 Å². The van der Waals surface area contributed by atoms with Crippen molar-refractivity contribution in [2.24, 2.45) is 5.92 Å². The number of nitrogens with one attached hydrogen (secondary N) is 1. The van der Waals surface area contributed by atoms with E-state index in [1.807, 2.05) is 53.0 Å². The second-order valence-corrected chi connectivity index (χ2v) is 7.60. The van der Waals surface area contributed by atoms with Gasteiger partial charge in [-0.3, -0.25) is 4.79 Å². The number of aromatic nitrogens is 2. The molecule has 1 saturated heterocycles. The quantitative estimate of drug-likeness (QED) is 0.868. The lowest BCUT2D eigenvalue weighted by atomic mass is 9.93. The number of carbonyl (C=O) groups is 1. The molecule has 0 spiro atoms. The number of piperidine rings is 1. The summed E-state index contributed by atoms with van der Waals surface area (Å²) in [5.74, 6) is 1.40. The van der Waals surface area contributed by atoms with Crippen LogP contribution in [0, 0.1) is 5.92 Å². The Morgan fingerprint density at radius 3 is 2.54 bits per heavy atom. The fraction of sp³-hybridized carbons (Fsp3) is 0.524. The van der Waals surface area contributed by atoms with Crippen LogP contribution in [-0.2, 0) is 0 Å². The number of para-hydroxylation sites is 1. The van der Waals surface area contributed by atoms with Gasteiger partial charge in [-0.15, -0.1) is 0 Å². The van der Waals surface area contributed by atoms with Gasteiger partial charge >= 0.3 is 0 Å². The van der Waals surface area contributed by atoms with Gasteiger partial charge in [0, 0.05) is 19.0 Å². The number of rotatable bonds is 6. The Morgan fingerprint density at radius 2 is 1.88 bits per heavy atom. The molecule has 5 heteroatoms. The lowest BCUT2D eigenvalue weighted by molar-refractivity contribution is 0.0678. The molecule has 1 saturated carbocycles. The highest BCUT2D eigenvalue weighted by Gasteiger charge is 2.31. The average molecular weight is 352 g/mol. The Morgan fingerprint density at radius 1 is 1.15 bits per heavy atom. The largest absolute Gasteiger partial charge is 0.337 e. The maximum atomic E-state index is 13.2. The lowest BCUT2D eigenvalue weighted by Gasteiger charge is -2.32. The van der Waals surface area contributed by atoms with Gasteiger partial charge in [0.15, 0.2) is 0 Å². The van der Waals surface area contributed by atoms with E-state index >= 15 is 0 Å². The highest BCUT2D eigenvalue weighted by Crippen LogP contribution is 2.40. The standard InChI is InChI=1S/C21H28N4O/c1-22-12-9-16-10-13-24(14-11-16)21(26)20-15-19(17-7-8-17)23-25(20)18-5-3-2-4-6-18/h2-6,15-17,22H,7-14H2,1H3. The number of benzene rings is 1. The third-order valence-corrected chi connectivity index (χ3v) is 5.65. The summed E-state index contributed by atoms with van der Waals surface area (Å²) in [4.78, 5) is 15.2. The molecule has 1 amide bonds. The predicted octanol–water partition coefficient (Wildman–Crippen LogP) is 3.21. The van der Waals surface area contributed by atoms with Crippen molar-refractivity contribution in [3.05, 3.63) is 47.8 Å². The summed E-state index contributed by atoms with van der Waals surface area (Å²) in [6.45, 7) is 2.77. The van der Waals surface area contributed by atoms with Gasteiger partial charge in [-0.1, -0.05) is 18.2 Å². The van der Waals surface area contributed by atoms with Crippen LogP contribution in [0.25, 0.3) is 5.69 Å². The van der Waals surface area contributed by atoms with E-state index in [9.17, 15) is 4.79 Å². The molecule has 2 aromatic rings. The van der Waals surface area contributed by atoms with E-state index < -0.39 is 0 Å². The number of likely N-dealkylation sites (tertiary alicyclic amines) is 1. The summed E-state index contributed by atoms with van der Waals surface area (Å²) < 4.78 is 1.85. The van der Waals surface area contributed by atoms with E-state index in [2.05, 4.69) is 5.32 Å². The number of hydrogen-bond acceptors (Lipinski definition) is 3. The number of amides is 1. The SMILES string of the molecule is CNCCC1CCN(C(=O)c2cc(C3CC3)nn2-c2ccccc2)CC1. The third-order valence-electron chi connectivity index (χ3n) is 5.65. The Kier molecular flexibility index (Phi) is 5.07. The topological polar surface area (TPSA) is 50.2 Å². The van der Waals surface area contributed by atoms with E-state index in [0.29, 0.717) is 11.6 Å². The van der Waals surface area contributed by atoms with Crippen molar-refractivity contribution in [2.45, 2.75) is 38.0 Å². The Balaban J connectivity index is 1.52. The Hall–Kier alpha value is -2.14. The molecule has 2 fully saturated rings. The third kappa shape index (κ3) is 3.68. The zero-order valence-corrected chi connectivity index (χ0v) is 15.5. The fourth-order valence-electron chi connectivity index (χ4n) is 3.83. The van der Waals surface area contributed by atoms with Crippen molar-refractivity contribution < 1.29 is 4.79 Å². The van der Waals surface area contributed by atoms with Crippen LogP contribution in [0.5, 0.6) is 0 Å². The predicted molar refractivity (Wildman–Crippen MR) is 103 cm³/mol. The number of carbonyl (C=O) groups excluding carboxylic acids is 1. The molecule has 1 aromatic carbocycles. The first-order valence-corrected chi connectivity index (χ1v) is 9.85. The first-order valence-electron chi connectivity index (χ1n) is 9.85. The molecule has 138 valence electrons. The van der Waals surface area contributed by atoms with Crippen molar-refractivity contribution >= 4 is 5.91 Å². The maximum Gasteiger partial charge on any atom is 0.272 e. The molecule has 2 aliphatic rings.